The second-order valence-electron chi connectivity index (χ2n) is 5.56. The Hall–Kier alpha value is -0.810. The Balaban J connectivity index is 1.99. The van der Waals surface area contributed by atoms with Crippen LogP contribution >= 0.6 is 0 Å². The highest BCUT2D eigenvalue weighted by atomic mass is 16.6. The van der Waals surface area contributed by atoms with Gasteiger partial charge < -0.3 is 20.1 Å². The molecule has 92 valence electrons. The number of morpholine rings is 1. The van der Waals surface area contributed by atoms with Crippen LogP contribution in [-0.4, -0.2) is 47.9 Å². The molecule has 3 aliphatic heterocycles. The van der Waals surface area contributed by atoms with E-state index in [0.29, 0.717) is 13.2 Å². The van der Waals surface area contributed by atoms with Gasteiger partial charge in [0.2, 0.25) is 0 Å². The molecule has 0 aromatic rings. The van der Waals surface area contributed by atoms with Crippen LogP contribution in [0, 0.1) is 0 Å². The SMILES string of the molecule is CC(C)(C)OC(=O)N1C[C@@H]2OC[C@H]1C[C@H]2N. The Morgan fingerprint density at radius 3 is 2.62 bits per heavy atom. The van der Waals surface area contributed by atoms with E-state index in [9.17, 15) is 4.79 Å². The van der Waals surface area contributed by atoms with Crippen molar-refractivity contribution in [3.05, 3.63) is 0 Å². The van der Waals surface area contributed by atoms with Gasteiger partial charge in [-0.05, 0) is 27.2 Å². The minimum Gasteiger partial charge on any atom is -0.444 e. The molecule has 5 nitrogen and oxygen atoms in total. The maximum absolute atomic E-state index is 11.9. The van der Waals surface area contributed by atoms with Gasteiger partial charge in [0.05, 0.1) is 25.3 Å². The van der Waals surface area contributed by atoms with E-state index in [1.165, 1.54) is 0 Å². The molecule has 3 fully saturated rings. The average Bonchev–Trinajstić information content (AvgIpc) is 2.15. The van der Waals surface area contributed by atoms with Gasteiger partial charge in [0.25, 0.3) is 0 Å². The van der Waals surface area contributed by atoms with Crippen molar-refractivity contribution in [2.24, 2.45) is 5.73 Å². The maximum Gasteiger partial charge on any atom is 0.410 e. The molecule has 5 heteroatoms. The van der Waals surface area contributed by atoms with Crippen LogP contribution in [0.5, 0.6) is 0 Å². The summed E-state index contributed by atoms with van der Waals surface area (Å²) in [5.74, 6) is 0. The third-order valence-corrected chi connectivity index (χ3v) is 2.97. The van der Waals surface area contributed by atoms with E-state index in [1.807, 2.05) is 20.8 Å². The van der Waals surface area contributed by atoms with Crippen molar-refractivity contribution in [2.75, 3.05) is 13.2 Å². The predicted molar refractivity (Wildman–Crippen MR) is 59.1 cm³/mol. The Kier molecular flexibility index (Phi) is 2.84. The zero-order valence-corrected chi connectivity index (χ0v) is 10.1. The number of fused-ring (bicyclic) bond motifs is 3. The quantitative estimate of drug-likeness (QED) is 0.663. The van der Waals surface area contributed by atoms with Crippen LogP contribution in [0.2, 0.25) is 0 Å². The van der Waals surface area contributed by atoms with Crippen molar-refractivity contribution < 1.29 is 14.3 Å². The van der Waals surface area contributed by atoms with E-state index < -0.39 is 5.60 Å². The molecular weight excluding hydrogens is 208 g/mol. The lowest BCUT2D eigenvalue weighted by atomic mass is 9.93. The first-order chi connectivity index (χ1) is 7.37. The highest BCUT2D eigenvalue weighted by Gasteiger charge is 2.43. The van der Waals surface area contributed by atoms with Crippen LogP contribution in [0.1, 0.15) is 27.2 Å². The number of nitrogens with zero attached hydrogens (tertiary/aromatic N) is 1. The monoisotopic (exact) mass is 228 g/mol. The minimum atomic E-state index is -0.448. The molecule has 2 bridgehead atoms. The van der Waals surface area contributed by atoms with Gasteiger partial charge in [-0.15, -0.1) is 0 Å². The molecule has 0 aromatic heterocycles. The molecule has 0 unspecified atom stereocenters. The van der Waals surface area contributed by atoms with Crippen LogP contribution in [0.3, 0.4) is 0 Å². The smallest absolute Gasteiger partial charge is 0.410 e. The lowest BCUT2D eigenvalue weighted by Gasteiger charge is -2.47. The molecule has 0 spiro atoms. The normalized spacial score (nSPS) is 34.0. The molecule has 0 aromatic carbocycles. The number of hydrogen-bond acceptors (Lipinski definition) is 4. The first-order valence-corrected chi connectivity index (χ1v) is 5.73. The Morgan fingerprint density at radius 2 is 2.19 bits per heavy atom. The number of nitrogens with two attached hydrogens (primary N) is 1. The summed E-state index contributed by atoms with van der Waals surface area (Å²) in [7, 11) is 0. The van der Waals surface area contributed by atoms with Crippen molar-refractivity contribution >= 4 is 6.09 Å². The molecule has 1 amide bonds. The Bertz CT molecular complexity index is 287. The van der Waals surface area contributed by atoms with Gasteiger partial charge in [0.1, 0.15) is 5.60 Å². The second-order valence-corrected chi connectivity index (χ2v) is 5.56. The summed E-state index contributed by atoms with van der Waals surface area (Å²) >= 11 is 0. The molecule has 0 aliphatic carbocycles. The van der Waals surface area contributed by atoms with Gasteiger partial charge in [0, 0.05) is 6.04 Å². The van der Waals surface area contributed by atoms with Crippen LogP contribution in [0.4, 0.5) is 4.79 Å². The zero-order valence-electron chi connectivity index (χ0n) is 10.1. The molecule has 2 N–H and O–H groups in total. The summed E-state index contributed by atoms with van der Waals surface area (Å²) in [6, 6.07) is 0.132. The highest BCUT2D eigenvalue weighted by molar-refractivity contribution is 5.69. The van der Waals surface area contributed by atoms with Crippen molar-refractivity contribution in [3.8, 4) is 0 Å². The molecule has 3 aliphatic rings. The summed E-state index contributed by atoms with van der Waals surface area (Å²) in [4.78, 5) is 13.7. The number of amides is 1. The Morgan fingerprint density at radius 1 is 1.50 bits per heavy atom. The molecule has 16 heavy (non-hydrogen) atoms. The first kappa shape index (κ1) is 11.7. The van der Waals surface area contributed by atoms with E-state index in [2.05, 4.69) is 0 Å². The fourth-order valence-electron chi connectivity index (χ4n) is 2.18. The lowest BCUT2D eigenvalue weighted by Crippen LogP contribution is -2.64. The van der Waals surface area contributed by atoms with Crippen LogP contribution in [0.25, 0.3) is 0 Å². The zero-order chi connectivity index (χ0) is 11.9. The van der Waals surface area contributed by atoms with E-state index in [-0.39, 0.29) is 24.3 Å². The van der Waals surface area contributed by atoms with Crippen LogP contribution in [0.15, 0.2) is 0 Å². The molecule has 3 rings (SSSR count). The summed E-state index contributed by atoms with van der Waals surface area (Å²) in [5.41, 5.74) is 5.46. The van der Waals surface area contributed by atoms with Gasteiger partial charge >= 0.3 is 6.09 Å². The van der Waals surface area contributed by atoms with Crippen molar-refractivity contribution in [1.82, 2.24) is 4.90 Å². The first-order valence-electron chi connectivity index (χ1n) is 5.73. The molecule has 3 heterocycles. The predicted octanol–water partition coefficient (Wildman–Crippen LogP) is 0.722. The third kappa shape index (κ3) is 2.30. The summed E-state index contributed by atoms with van der Waals surface area (Å²) < 4.78 is 10.9. The fraction of sp³-hybridized carbons (Fsp3) is 0.909. The van der Waals surface area contributed by atoms with Gasteiger partial charge in [0.15, 0.2) is 0 Å². The average molecular weight is 228 g/mol. The second kappa shape index (κ2) is 3.89. The molecular formula is C11H20N2O3. The largest absolute Gasteiger partial charge is 0.444 e. The molecule has 0 saturated carbocycles. The molecule has 3 saturated heterocycles. The van der Waals surface area contributed by atoms with Gasteiger partial charge in [-0.25, -0.2) is 4.79 Å². The number of piperidine rings is 1. The lowest BCUT2D eigenvalue weighted by molar-refractivity contribution is -0.114. The van der Waals surface area contributed by atoms with E-state index in [0.717, 1.165) is 6.42 Å². The molecule has 0 radical (unpaired) electrons. The minimum absolute atomic E-state index is 0.0301. The summed E-state index contributed by atoms with van der Waals surface area (Å²) in [6.07, 6.45) is 0.527. The third-order valence-electron chi connectivity index (χ3n) is 2.97. The number of carbonyl (C=O) groups is 1. The highest BCUT2D eigenvalue weighted by Crippen LogP contribution is 2.27. The van der Waals surface area contributed by atoms with Gasteiger partial charge in [-0.3, -0.25) is 0 Å². The molecule has 3 atom stereocenters. The number of rotatable bonds is 0. The summed E-state index contributed by atoms with van der Waals surface area (Å²) in [5, 5.41) is 0. The Labute approximate surface area is 95.9 Å². The van der Waals surface area contributed by atoms with Crippen molar-refractivity contribution in [1.29, 1.82) is 0 Å². The van der Waals surface area contributed by atoms with Crippen LogP contribution < -0.4 is 5.73 Å². The number of carbonyl (C=O) groups excluding carboxylic acids is 1. The fourth-order valence-corrected chi connectivity index (χ4v) is 2.18. The van der Waals surface area contributed by atoms with E-state index in [1.54, 1.807) is 4.90 Å². The van der Waals surface area contributed by atoms with Gasteiger partial charge in [-0.1, -0.05) is 0 Å². The number of ether oxygens (including phenoxy) is 2. The maximum atomic E-state index is 11.9. The van der Waals surface area contributed by atoms with Crippen molar-refractivity contribution in [3.63, 3.8) is 0 Å². The standard InChI is InChI=1S/C11H20N2O3/c1-11(2,3)16-10(14)13-5-9-8(12)4-7(13)6-15-9/h7-9H,4-6,12H2,1-3H3/t7-,8-,9+/m1/s1. The number of hydrogen-bond donors (Lipinski definition) is 1. The van der Waals surface area contributed by atoms with E-state index >= 15 is 0 Å². The van der Waals surface area contributed by atoms with E-state index in [4.69, 9.17) is 15.2 Å². The van der Waals surface area contributed by atoms with Crippen molar-refractivity contribution in [2.45, 2.75) is 51.0 Å². The van der Waals surface area contributed by atoms with Crippen LogP contribution in [-0.2, 0) is 9.47 Å². The topological polar surface area (TPSA) is 64.8 Å². The van der Waals surface area contributed by atoms with Gasteiger partial charge in [-0.2, -0.15) is 0 Å². The summed E-state index contributed by atoms with van der Waals surface area (Å²) in [6.45, 7) is 6.75.